The van der Waals surface area contributed by atoms with E-state index < -0.39 is 6.16 Å². The molecule has 4 aliphatic rings. The molecule has 0 heterocycles. The number of rotatable bonds is 17. The monoisotopic (exact) mass is 599 g/mol. The van der Waals surface area contributed by atoms with Gasteiger partial charge in [0.25, 0.3) is 0 Å². The van der Waals surface area contributed by atoms with Crippen molar-refractivity contribution in [1.29, 1.82) is 0 Å². The topological polar surface area (TPSA) is 35.5 Å². The number of carbonyl (C=O) groups excluding carboxylic acids is 1. The highest BCUT2D eigenvalue weighted by Crippen LogP contribution is 2.67. The molecule has 0 bridgehead atoms. The normalized spacial score (nSPS) is 34.2. The lowest BCUT2D eigenvalue weighted by molar-refractivity contribution is -0.0617. The Bertz CT molecular complexity index is 877. The Labute approximate surface area is 267 Å². The van der Waals surface area contributed by atoms with E-state index in [4.69, 9.17) is 9.47 Å². The third kappa shape index (κ3) is 8.84. The molecule has 3 heteroatoms. The quantitative estimate of drug-likeness (QED) is 0.0949. The number of fused-ring (bicyclic) bond motifs is 5. The van der Waals surface area contributed by atoms with Gasteiger partial charge in [-0.2, -0.15) is 0 Å². The molecule has 4 aliphatic carbocycles. The Morgan fingerprint density at radius 2 is 1.53 bits per heavy atom. The highest BCUT2D eigenvalue weighted by molar-refractivity contribution is 5.60. The Morgan fingerprint density at radius 3 is 2.23 bits per heavy atom. The van der Waals surface area contributed by atoms with Crippen LogP contribution in [0, 0.1) is 46.3 Å². The maximum atomic E-state index is 12.5. The van der Waals surface area contributed by atoms with Crippen molar-refractivity contribution in [2.24, 2.45) is 46.3 Å². The van der Waals surface area contributed by atoms with Crippen molar-refractivity contribution < 1.29 is 14.3 Å². The van der Waals surface area contributed by atoms with Gasteiger partial charge in [-0.15, -0.1) is 0 Å². The van der Waals surface area contributed by atoms with Crippen molar-refractivity contribution in [3.8, 4) is 0 Å². The number of unbranched alkanes of at least 4 members (excludes halogenated alkanes) is 9. The number of hydrogen-bond acceptors (Lipinski definition) is 3. The fourth-order valence-corrected chi connectivity index (χ4v) is 10.7. The van der Waals surface area contributed by atoms with E-state index in [0.717, 1.165) is 67.6 Å². The highest BCUT2D eigenvalue weighted by Gasteiger charge is 2.59. The lowest BCUT2D eigenvalue weighted by Gasteiger charge is -2.58. The third-order valence-corrected chi connectivity index (χ3v) is 13.2. The van der Waals surface area contributed by atoms with Crippen LogP contribution in [-0.2, 0) is 9.47 Å². The number of allylic oxidation sites excluding steroid dienone is 1. The fraction of sp³-hybridized carbons (Fsp3) is 0.925. The fourth-order valence-electron chi connectivity index (χ4n) is 10.7. The second kappa shape index (κ2) is 16.5. The molecule has 43 heavy (non-hydrogen) atoms. The summed E-state index contributed by atoms with van der Waals surface area (Å²) < 4.78 is 11.4. The molecule has 0 spiro atoms. The Balaban J connectivity index is 1.19. The molecule has 3 saturated carbocycles. The van der Waals surface area contributed by atoms with Gasteiger partial charge < -0.3 is 9.47 Å². The zero-order valence-corrected chi connectivity index (χ0v) is 29.4. The first-order valence-corrected chi connectivity index (χ1v) is 19.2. The summed E-state index contributed by atoms with van der Waals surface area (Å²) in [6.07, 6.45) is 29.3. The molecule has 0 amide bonds. The lowest BCUT2D eigenvalue weighted by atomic mass is 9.47. The van der Waals surface area contributed by atoms with Crippen LogP contribution in [0.1, 0.15) is 176 Å². The standard InChI is InChI=1S/C40H70O3/c1-7-8-9-10-11-12-13-14-15-16-28-42-38(41)43-33-24-26-39(5)32(29-33)20-21-34-36-23-22-35(31(4)19-17-18-30(2)3)40(36,6)27-25-37(34)39/h20,30-31,33-37H,7-19,21-29H2,1-6H3/t31-,33+,34-,35+,36-,37-,39+,40-/m1/s1. The minimum atomic E-state index is -0.438. The average Bonchev–Trinajstić information content (AvgIpc) is 3.33. The molecule has 0 aromatic rings. The Morgan fingerprint density at radius 1 is 0.837 bits per heavy atom. The first kappa shape index (κ1) is 34.9. The van der Waals surface area contributed by atoms with E-state index >= 15 is 0 Å². The van der Waals surface area contributed by atoms with Crippen molar-refractivity contribution in [2.75, 3.05) is 6.61 Å². The summed E-state index contributed by atoms with van der Waals surface area (Å²) in [5.74, 6) is 5.17. The number of hydrogen-bond donors (Lipinski definition) is 0. The minimum absolute atomic E-state index is 0.00695. The van der Waals surface area contributed by atoms with E-state index in [0.29, 0.717) is 17.4 Å². The smallest absolute Gasteiger partial charge is 0.434 e. The van der Waals surface area contributed by atoms with Gasteiger partial charge in [0.2, 0.25) is 0 Å². The van der Waals surface area contributed by atoms with E-state index in [-0.39, 0.29) is 6.10 Å². The van der Waals surface area contributed by atoms with Gasteiger partial charge in [-0.1, -0.05) is 130 Å². The van der Waals surface area contributed by atoms with E-state index in [9.17, 15) is 4.79 Å². The molecule has 0 aliphatic heterocycles. The molecule has 8 atom stereocenters. The highest BCUT2D eigenvalue weighted by atomic mass is 16.7. The summed E-state index contributed by atoms with van der Waals surface area (Å²) in [4.78, 5) is 12.5. The summed E-state index contributed by atoms with van der Waals surface area (Å²) in [5.41, 5.74) is 2.43. The molecule has 0 unspecified atom stereocenters. The summed E-state index contributed by atoms with van der Waals surface area (Å²) in [6, 6.07) is 0. The predicted octanol–water partition coefficient (Wildman–Crippen LogP) is 12.5. The predicted molar refractivity (Wildman–Crippen MR) is 181 cm³/mol. The van der Waals surface area contributed by atoms with Crippen molar-refractivity contribution in [2.45, 2.75) is 182 Å². The molecule has 0 aromatic heterocycles. The Kier molecular flexibility index (Phi) is 13.4. The molecule has 3 fully saturated rings. The van der Waals surface area contributed by atoms with Gasteiger partial charge in [-0.25, -0.2) is 4.79 Å². The summed E-state index contributed by atoms with van der Waals surface area (Å²) in [5, 5.41) is 0. The molecule has 0 radical (unpaired) electrons. The molecule has 248 valence electrons. The minimum Gasteiger partial charge on any atom is -0.434 e. The number of carbonyl (C=O) groups is 1. The summed E-state index contributed by atoms with van der Waals surface area (Å²) in [7, 11) is 0. The first-order chi connectivity index (χ1) is 20.7. The maximum Gasteiger partial charge on any atom is 0.508 e. The summed E-state index contributed by atoms with van der Waals surface area (Å²) >= 11 is 0. The van der Waals surface area contributed by atoms with Crippen LogP contribution in [0.2, 0.25) is 0 Å². The summed E-state index contributed by atoms with van der Waals surface area (Å²) in [6.45, 7) is 15.4. The largest absolute Gasteiger partial charge is 0.508 e. The molecule has 4 rings (SSSR count). The van der Waals surface area contributed by atoms with E-state index in [2.05, 4.69) is 47.6 Å². The Hall–Kier alpha value is -0.990. The second-order valence-electron chi connectivity index (χ2n) is 16.6. The van der Waals surface area contributed by atoms with Gasteiger partial charge in [0, 0.05) is 6.42 Å². The van der Waals surface area contributed by atoms with Gasteiger partial charge in [0.1, 0.15) is 6.10 Å². The van der Waals surface area contributed by atoms with E-state index in [1.54, 1.807) is 5.57 Å². The zero-order valence-electron chi connectivity index (χ0n) is 29.4. The maximum absolute atomic E-state index is 12.5. The molecular weight excluding hydrogens is 528 g/mol. The lowest BCUT2D eigenvalue weighted by Crippen LogP contribution is -2.51. The van der Waals surface area contributed by atoms with E-state index in [1.165, 1.54) is 103 Å². The molecule has 3 nitrogen and oxygen atoms in total. The molecule has 0 saturated heterocycles. The van der Waals surface area contributed by atoms with Crippen LogP contribution in [0.15, 0.2) is 11.6 Å². The van der Waals surface area contributed by atoms with Crippen LogP contribution < -0.4 is 0 Å². The van der Waals surface area contributed by atoms with Crippen LogP contribution >= 0.6 is 0 Å². The van der Waals surface area contributed by atoms with Gasteiger partial charge in [0.15, 0.2) is 0 Å². The van der Waals surface area contributed by atoms with Crippen molar-refractivity contribution in [3.63, 3.8) is 0 Å². The van der Waals surface area contributed by atoms with Crippen LogP contribution in [-0.4, -0.2) is 18.9 Å². The molecular formula is C40H70O3. The second-order valence-corrected chi connectivity index (χ2v) is 16.6. The van der Waals surface area contributed by atoms with Crippen molar-refractivity contribution in [1.82, 2.24) is 0 Å². The zero-order chi connectivity index (χ0) is 30.9. The molecule has 0 N–H and O–H groups in total. The first-order valence-electron chi connectivity index (χ1n) is 19.2. The van der Waals surface area contributed by atoms with Crippen molar-refractivity contribution in [3.05, 3.63) is 11.6 Å². The van der Waals surface area contributed by atoms with Crippen molar-refractivity contribution >= 4 is 6.16 Å². The van der Waals surface area contributed by atoms with Gasteiger partial charge in [-0.05, 0) is 97.7 Å². The number of ether oxygens (including phenoxy) is 2. The van der Waals surface area contributed by atoms with Gasteiger partial charge >= 0.3 is 6.16 Å². The van der Waals surface area contributed by atoms with Crippen LogP contribution in [0.4, 0.5) is 4.79 Å². The van der Waals surface area contributed by atoms with Crippen LogP contribution in [0.3, 0.4) is 0 Å². The van der Waals surface area contributed by atoms with Gasteiger partial charge in [-0.3, -0.25) is 0 Å². The SMILES string of the molecule is CCCCCCCCCCCCOC(=O)O[C@H]1CC[C@@]2(C)C(=CC[C@@H]3[C@H]4CC[C@@H]([C@H](C)CCCC(C)C)[C@@]4(C)CC[C@H]32)C1. The van der Waals surface area contributed by atoms with Gasteiger partial charge in [0.05, 0.1) is 6.61 Å². The van der Waals surface area contributed by atoms with Crippen LogP contribution in [0.5, 0.6) is 0 Å². The average molecular weight is 599 g/mol. The van der Waals surface area contributed by atoms with Crippen LogP contribution in [0.25, 0.3) is 0 Å². The van der Waals surface area contributed by atoms with E-state index in [1.807, 2.05) is 0 Å². The molecule has 0 aromatic carbocycles. The third-order valence-electron chi connectivity index (χ3n) is 13.2.